The minimum atomic E-state index is -0.00668. The number of aliphatic hydroxyl groups excluding tert-OH is 1. The van der Waals surface area contributed by atoms with Gasteiger partial charge in [-0.25, -0.2) is 0 Å². The van der Waals surface area contributed by atoms with E-state index in [9.17, 15) is 4.79 Å². The summed E-state index contributed by atoms with van der Waals surface area (Å²) in [5.74, 6) is 0.0660. The smallest absolute Gasteiger partial charge is 0.234 e. The lowest BCUT2D eigenvalue weighted by Crippen LogP contribution is -2.50. The molecule has 2 N–H and O–H groups in total. The Hall–Kier alpha value is -1.95. The van der Waals surface area contributed by atoms with Gasteiger partial charge in [0, 0.05) is 32.7 Å². The second kappa shape index (κ2) is 8.43. The van der Waals surface area contributed by atoms with Crippen LogP contribution in [0.5, 0.6) is 0 Å². The molecule has 2 aromatic rings. The van der Waals surface area contributed by atoms with Crippen molar-refractivity contribution >= 4 is 16.7 Å². The van der Waals surface area contributed by atoms with Gasteiger partial charge in [0.1, 0.15) is 0 Å². The number of benzene rings is 2. The number of hydrogen-bond acceptors (Lipinski definition) is 4. The number of carbonyl (C=O) groups excluding carboxylic acids is 1. The number of piperazine rings is 1. The molecule has 0 spiro atoms. The lowest BCUT2D eigenvalue weighted by molar-refractivity contribution is -0.123. The maximum atomic E-state index is 12.4. The number of rotatable bonds is 6. The zero-order chi connectivity index (χ0) is 17.6. The van der Waals surface area contributed by atoms with Crippen LogP contribution >= 0.6 is 0 Å². The number of aliphatic hydroxyl groups is 1. The molecule has 134 valence electrons. The summed E-state index contributed by atoms with van der Waals surface area (Å²) in [4.78, 5) is 16.8. The highest BCUT2D eigenvalue weighted by molar-refractivity contribution is 5.83. The van der Waals surface area contributed by atoms with Crippen LogP contribution in [0.1, 0.15) is 18.5 Å². The van der Waals surface area contributed by atoms with Gasteiger partial charge >= 0.3 is 0 Å². The van der Waals surface area contributed by atoms with Gasteiger partial charge in [0.05, 0.1) is 19.2 Å². The number of fused-ring (bicyclic) bond motifs is 1. The molecule has 1 fully saturated rings. The van der Waals surface area contributed by atoms with Gasteiger partial charge in [0.2, 0.25) is 5.91 Å². The van der Waals surface area contributed by atoms with E-state index in [0.29, 0.717) is 6.54 Å². The van der Waals surface area contributed by atoms with Gasteiger partial charge in [-0.2, -0.15) is 0 Å². The summed E-state index contributed by atoms with van der Waals surface area (Å²) in [5, 5.41) is 14.5. The van der Waals surface area contributed by atoms with Crippen molar-refractivity contribution in [3.8, 4) is 0 Å². The Balaban J connectivity index is 1.51. The third-order valence-corrected chi connectivity index (χ3v) is 4.90. The largest absolute Gasteiger partial charge is 0.395 e. The summed E-state index contributed by atoms with van der Waals surface area (Å²) < 4.78 is 0. The van der Waals surface area contributed by atoms with Crippen LogP contribution in [-0.2, 0) is 4.79 Å². The Kier molecular flexibility index (Phi) is 6.02. The molecule has 2 aromatic carbocycles. The van der Waals surface area contributed by atoms with Crippen LogP contribution in [0.3, 0.4) is 0 Å². The Morgan fingerprint density at radius 1 is 1.08 bits per heavy atom. The number of amides is 1. The Bertz CT molecular complexity index is 711. The fraction of sp³-hybridized carbons (Fsp3) is 0.450. The first-order valence-corrected chi connectivity index (χ1v) is 8.99. The van der Waals surface area contributed by atoms with E-state index in [4.69, 9.17) is 5.11 Å². The molecule has 1 aliphatic rings. The monoisotopic (exact) mass is 341 g/mol. The molecular weight excluding hydrogens is 314 g/mol. The van der Waals surface area contributed by atoms with Gasteiger partial charge in [0.15, 0.2) is 0 Å². The van der Waals surface area contributed by atoms with Crippen molar-refractivity contribution in [2.45, 2.75) is 13.0 Å². The molecule has 5 nitrogen and oxygen atoms in total. The standard InChI is InChI=1S/C20H27N3O2/c1-16(18-7-6-17-4-2-3-5-19(17)14-18)21-20(25)15-23-10-8-22(9-11-23)12-13-24/h2-7,14,16,24H,8-13,15H2,1H3,(H,21,25). The average molecular weight is 341 g/mol. The summed E-state index contributed by atoms with van der Waals surface area (Å²) >= 11 is 0. The first-order valence-electron chi connectivity index (χ1n) is 8.99. The van der Waals surface area contributed by atoms with E-state index in [0.717, 1.165) is 38.3 Å². The number of nitrogens with one attached hydrogen (secondary N) is 1. The maximum absolute atomic E-state index is 12.4. The van der Waals surface area contributed by atoms with Gasteiger partial charge < -0.3 is 10.4 Å². The lowest BCUT2D eigenvalue weighted by Gasteiger charge is -2.34. The molecule has 0 saturated carbocycles. The fourth-order valence-electron chi connectivity index (χ4n) is 3.36. The van der Waals surface area contributed by atoms with Crippen molar-refractivity contribution in [3.63, 3.8) is 0 Å². The van der Waals surface area contributed by atoms with E-state index < -0.39 is 0 Å². The van der Waals surface area contributed by atoms with E-state index in [1.54, 1.807) is 0 Å². The molecule has 1 unspecified atom stereocenters. The quantitative estimate of drug-likeness (QED) is 0.838. The predicted octanol–water partition coefficient (Wildman–Crippen LogP) is 1.63. The lowest BCUT2D eigenvalue weighted by atomic mass is 10.0. The van der Waals surface area contributed by atoms with Crippen molar-refractivity contribution in [2.24, 2.45) is 0 Å². The highest BCUT2D eigenvalue weighted by atomic mass is 16.3. The average Bonchev–Trinajstić information content (AvgIpc) is 2.63. The SMILES string of the molecule is CC(NC(=O)CN1CCN(CCO)CC1)c1ccc2ccccc2c1. The topological polar surface area (TPSA) is 55.8 Å². The van der Waals surface area contributed by atoms with Crippen molar-refractivity contribution < 1.29 is 9.90 Å². The molecule has 0 radical (unpaired) electrons. The number of β-amino-alcohol motifs (C(OH)–C–C–N with tert-alkyl or cyclic N) is 1. The minimum absolute atomic E-state index is 0.00668. The third-order valence-electron chi connectivity index (χ3n) is 4.90. The van der Waals surface area contributed by atoms with Gasteiger partial charge in [-0.3, -0.25) is 14.6 Å². The van der Waals surface area contributed by atoms with E-state index in [1.807, 2.05) is 19.1 Å². The molecule has 0 aliphatic carbocycles. The van der Waals surface area contributed by atoms with Crippen molar-refractivity contribution in [3.05, 3.63) is 48.0 Å². The predicted molar refractivity (Wildman–Crippen MR) is 100 cm³/mol. The first-order chi connectivity index (χ1) is 12.2. The number of hydrogen-bond donors (Lipinski definition) is 2. The molecule has 1 atom stereocenters. The second-order valence-corrected chi connectivity index (χ2v) is 6.74. The third kappa shape index (κ3) is 4.78. The Morgan fingerprint density at radius 3 is 2.48 bits per heavy atom. The maximum Gasteiger partial charge on any atom is 0.234 e. The molecule has 25 heavy (non-hydrogen) atoms. The molecule has 0 bridgehead atoms. The molecule has 1 saturated heterocycles. The molecule has 0 aromatic heterocycles. The van der Waals surface area contributed by atoms with Gasteiger partial charge in [-0.05, 0) is 29.3 Å². The molecule has 3 rings (SSSR count). The second-order valence-electron chi connectivity index (χ2n) is 6.74. The molecule has 1 amide bonds. The highest BCUT2D eigenvalue weighted by Crippen LogP contribution is 2.20. The van der Waals surface area contributed by atoms with Gasteiger partial charge in [-0.15, -0.1) is 0 Å². The fourth-order valence-corrected chi connectivity index (χ4v) is 3.36. The summed E-state index contributed by atoms with van der Waals surface area (Å²) in [6.45, 7) is 6.95. The van der Waals surface area contributed by atoms with E-state index in [2.05, 4.69) is 45.4 Å². The van der Waals surface area contributed by atoms with Crippen LogP contribution in [0.15, 0.2) is 42.5 Å². The first kappa shape index (κ1) is 17.9. The molecule has 1 heterocycles. The Morgan fingerprint density at radius 2 is 1.76 bits per heavy atom. The Labute approximate surface area is 149 Å². The van der Waals surface area contributed by atoms with Crippen LogP contribution < -0.4 is 5.32 Å². The van der Waals surface area contributed by atoms with Crippen LogP contribution in [-0.4, -0.2) is 66.7 Å². The van der Waals surface area contributed by atoms with Crippen LogP contribution in [0.4, 0.5) is 0 Å². The van der Waals surface area contributed by atoms with E-state index >= 15 is 0 Å². The summed E-state index contributed by atoms with van der Waals surface area (Å²) in [5.41, 5.74) is 1.12. The molecular formula is C20H27N3O2. The highest BCUT2D eigenvalue weighted by Gasteiger charge is 2.19. The van der Waals surface area contributed by atoms with Gasteiger partial charge in [0.25, 0.3) is 0 Å². The summed E-state index contributed by atoms with van der Waals surface area (Å²) in [7, 11) is 0. The zero-order valence-electron chi connectivity index (χ0n) is 14.8. The van der Waals surface area contributed by atoms with Gasteiger partial charge in [-0.1, -0.05) is 36.4 Å². The van der Waals surface area contributed by atoms with Crippen molar-refractivity contribution in [2.75, 3.05) is 45.9 Å². The minimum Gasteiger partial charge on any atom is -0.395 e. The molecule has 1 aliphatic heterocycles. The number of carbonyl (C=O) groups is 1. The normalized spacial score (nSPS) is 17.5. The van der Waals surface area contributed by atoms with Crippen LogP contribution in [0.2, 0.25) is 0 Å². The van der Waals surface area contributed by atoms with E-state index in [1.165, 1.54) is 10.8 Å². The molecule has 5 heteroatoms. The van der Waals surface area contributed by atoms with Crippen molar-refractivity contribution in [1.29, 1.82) is 0 Å². The zero-order valence-corrected chi connectivity index (χ0v) is 14.8. The summed E-state index contributed by atoms with van der Waals surface area (Å²) in [6.07, 6.45) is 0. The van der Waals surface area contributed by atoms with Crippen LogP contribution in [0.25, 0.3) is 10.8 Å². The van der Waals surface area contributed by atoms with E-state index in [-0.39, 0.29) is 18.6 Å². The summed E-state index contributed by atoms with van der Waals surface area (Å²) in [6, 6.07) is 14.6. The van der Waals surface area contributed by atoms with Crippen molar-refractivity contribution in [1.82, 2.24) is 15.1 Å². The van der Waals surface area contributed by atoms with Crippen LogP contribution in [0, 0.1) is 0 Å². The number of nitrogens with zero attached hydrogens (tertiary/aromatic N) is 2.